The molecule has 0 saturated carbocycles. The van der Waals surface area contributed by atoms with E-state index in [-0.39, 0.29) is 5.75 Å². The number of nitrogens with one attached hydrogen (secondary N) is 2. The van der Waals surface area contributed by atoms with Gasteiger partial charge in [-0.3, -0.25) is 4.72 Å². The van der Waals surface area contributed by atoms with E-state index in [1.165, 1.54) is 6.33 Å². The van der Waals surface area contributed by atoms with Crippen molar-refractivity contribution < 1.29 is 8.42 Å². The second kappa shape index (κ2) is 7.06. The van der Waals surface area contributed by atoms with Gasteiger partial charge in [-0.25, -0.2) is 18.4 Å². The molecule has 0 bridgehead atoms. The maximum atomic E-state index is 12.0. The summed E-state index contributed by atoms with van der Waals surface area (Å²) in [5.41, 5.74) is 4.03. The van der Waals surface area contributed by atoms with E-state index in [0.717, 1.165) is 27.8 Å². The van der Waals surface area contributed by atoms with E-state index in [1.807, 2.05) is 44.2 Å². The topological polar surface area (TPSA) is 84.0 Å². The van der Waals surface area contributed by atoms with Crippen molar-refractivity contribution in [2.45, 2.75) is 20.3 Å². The van der Waals surface area contributed by atoms with Gasteiger partial charge in [-0.15, -0.1) is 0 Å². The third-order valence-corrected chi connectivity index (χ3v) is 5.33. The number of benzene rings is 2. The van der Waals surface area contributed by atoms with E-state index in [9.17, 15) is 8.42 Å². The number of aromatic nitrogens is 2. The van der Waals surface area contributed by atoms with Crippen molar-refractivity contribution in [1.82, 2.24) is 9.97 Å². The van der Waals surface area contributed by atoms with Crippen LogP contribution in [0.5, 0.6) is 0 Å². The van der Waals surface area contributed by atoms with Crippen molar-refractivity contribution >= 4 is 38.0 Å². The molecule has 0 amide bonds. The van der Waals surface area contributed by atoms with E-state index < -0.39 is 10.0 Å². The number of hydrogen-bond acceptors (Lipinski definition) is 5. The number of fused-ring (bicyclic) bond motifs is 1. The average Bonchev–Trinajstić information content (AvgIpc) is 2.58. The van der Waals surface area contributed by atoms with Gasteiger partial charge in [0.1, 0.15) is 6.33 Å². The van der Waals surface area contributed by atoms with Gasteiger partial charge in [0.15, 0.2) is 0 Å². The summed E-state index contributed by atoms with van der Waals surface area (Å²) in [6.45, 7) is 3.73. The summed E-state index contributed by atoms with van der Waals surface area (Å²) in [6, 6.07) is 11.3. The molecule has 1 aromatic heterocycles. The van der Waals surface area contributed by atoms with Crippen molar-refractivity contribution in [3.8, 4) is 0 Å². The molecule has 3 rings (SSSR count). The van der Waals surface area contributed by atoms with Crippen LogP contribution in [0.25, 0.3) is 10.9 Å². The van der Waals surface area contributed by atoms with Gasteiger partial charge in [0.05, 0.1) is 17.0 Å². The molecule has 3 aromatic rings. The number of anilines is 3. The second-order valence-corrected chi connectivity index (χ2v) is 7.66. The smallest absolute Gasteiger partial charge is 0.232 e. The fraction of sp³-hybridized carbons (Fsp3) is 0.222. The first-order valence-electron chi connectivity index (χ1n) is 8.05. The van der Waals surface area contributed by atoms with Gasteiger partial charge in [0, 0.05) is 23.0 Å². The molecule has 0 fully saturated rings. The predicted octanol–water partition coefficient (Wildman–Crippen LogP) is 3.83. The Morgan fingerprint density at radius 3 is 2.72 bits per heavy atom. The first kappa shape index (κ1) is 17.2. The fourth-order valence-corrected chi connectivity index (χ4v) is 3.78. The Labute approximate surface area is 147 Å². The molecule has 7 heteroatoms. The zero-order chi connectivity index (χ0) is 17.9. The minimum absolute atomic E-state index is 0.106. The summed E-state index contributed by atoms with van der Waals surface area (Å²) < 4.78 is 26.7. The van der Waals surface area contributed by atoms with Crippen molar-refractivity contribution in [3.05, 3.63) is 54.5 Å². The molecule has 2 N–H and O–H groups in total. The summed E-state index contributed by atoms with van der Waals surface area (Å²) in [5, 5.41) is 4.27. The van der Waals surface area contributed by atoms with Gasteiger partial charge in [0.2, 0.25) is 10.0 Å². The van der Waals surface area contributed by atoms with Crippen LogP contribution in [-0.4, -0.2) is 24.1 Å². The van der Waals surface area contributed by atoms with E-state index in [1.54, 1.807) is 12.3 Å². The molecule has 0 radical (unpaired) electrons. The summed E-state index contributed by atoms with van der Waals surface area (Å²) in [5.74, 6) is 0.106. The molecule has 0 unspecified atom stereocenters. The van der Waals surface area contributed by atoms with Crippen molar-refractivity contribution in [3.63, 3.8) is 0 Å². The molecule has 0 spiro atoms. The highest BCUT2D eigenvalue weighted by Crippen LogP contribution is 2.28. The summed E-state index contributed by atoms with van der Waals surface area (Å²) in [4.78, 5) is 8.24. The maximum absolute atomic E-state index is 12.0. The predicted molar refractivity (Wildman–Crippen MR) is 102 cm³/mol. The number of rotatable bonds is 6. The molecule has 6 nitrogen and oxygen atoms in total. The molecule has 0 aliphatic carbocycles. The van der Waals surface area contributed by atoms with Crippen molar-refractivity contribution in [2.24, 2.45) is 0 Å². The molecule has 0 atom stereocenters. The normalized spacial score (nSPS) is 11.4. The zero-order valence-electron chi connectivity index (χ0n) is 14.2. The van der Waals surface area contributed by atoms with Crippen LogP contribution in [0.15, 0.2) is 48.9 Å². The lowest BCUT2D eigenvalue weighted by atomic mass is 10.1. The Kier molecular flexibility index (Phi) is 4.85. The minimum Gasteiger partial charge on any atom is -0.355 e. The minimum atomic E-state index is -3.32. The lowest BCUT2D eigenvalue weighted by molar-refractivity contribution is 0.600. The highest BCUT2D eigenvalue weighted by molar-refractivity contribution is 7.92. The Morgan fingerprint density at radius 2 is 1.92 bits per heavy atom. The molecule has 1 heterocycles. The largest absolute Gasteiger partial charge is 0.355 e. The average molecular weight is 356 g/mol. The molecule has 25 heavy (non-hydrogen) atoms. The Morgan fingerprint density at radius 1 is 1.12 bits per heavy atom. The maximum Gasteiger partial charge on any atom is 0.232 e. The van der Waals surface area contributed by atoms with Gasteiger partial charge in [-0.05, 0) is 49.2 Å². The Hall–Kier alpha value is -2.67. The first-order valence-corrected chi connectivity index (χ1v) is 9.70. The van der Waals surface area contributed by atoms with E-state index >= 15 is 0 Å². The third kappa shape index (κ3) is 4.06. The molecule has 2 aromatic carbocycles. The highest BCUT2D eigenvalue weighted by Gasteiger charge is 2.12. The number of nitrogens with zero attached hydrogens (tertiary/aromatic N) is 2. The van der Waals surface area contributed by atoms with Gasteiger partial charge in [-0.2, -0.15) is 0 Å². The van der Waals surface area contributed by atoms with Crippen molar-refractivity contribution in [1.29, 1.82) is 0 Å². The summed E-state index contributed by atoms with van der Waals surface area (Å²) >= 11 is 0. The zero-order valence-corrected chi connectivity index (χ0v) is 15.0. The van der Waals surface area contributed by atoms with Gasteiger partial charge in [0.25, 0.3) is 0 Å². The highest BCUT2D eigenvalue weighted by atomic mass is 32.2. The van der Waals surface area contributed by atoms with Crippen molar-refractivity contribution in [2.75, 3.05) is 15.8 Å². The van der Waals surface area contributed by atoms with Crippen LogP contribution in [0.2, 0.25) is 0 Å². The standard InChI is InChI=1S/C18H20N4O2S/c1-3-9-25(23,24)22-17-6-4-5-16(13(17)2)21-15-7-8-18-14(10-15)11-19-12-20-18/h4-8,10-12,21-22H,3,9H2,1-2H3. The molecule has 0 aliphatic rings. The van der Waals surface area contributed by atoms with Crippen LogP contribution in [-0.2, 0) is 10.0 Å². The van der Waals surface area contributed by atoms with Crippen LogP contribution in [0.1, 0.15) is 18.9 Å². The molecule has 0 aliphatic heterocycles. The lowest BCUT2D eigenvalue weighted by Crippen LogP contribution is -2.17. The van der Waals surface area contributed by atoms with Gasteiger partial charge < -0.3 is 5.32 Å². The van der Waals surface area contributed by atoms with E-state index in [0.29, 0.717) is 12.1 Å². The van der Waals surface area contributed by atoms with Crippen LogP contribution in [0, 0.1) is 6.92 Å². The van der Waals surface area contributed by atoms with Crippen LogP contribution >= 0.6 is 0 Å². The monoisotopic (exact) mass is 356 g/mol. The van der Waals surface area contributed by atoms with Crippen LogP contribution < -0.4 is 10.0 Å². The molecular formula is C18H20N4O2S. The Bertz CT molecular complexity index is 1000. The second-order valence-electron chi connectivity index (χ2n) is 5.82. The Balaban J connectivity index is 1.88. The first-order chi connectivity index (χ1) is 12.0. The SMILES string of the molecule is CCCS(=O)(=O)Nc1cccc(Nc2ccc3ncncc3c2)c1C. The molecular weight excluding hydrogens is 336 g/mol. The van der Waals surface area contributed by atoms with Gasteiger partial charge >= 0.3 is 0 Å². The van der Waals surface area contributed by atoms with E-state index in [2.05, 4.69) is 20.0 Å². The van der Waals surface area contributed by atoms with Gasteiger partial charge in [-0.1, -0.05) is 13.0 Å². The third-order valence-electron chi connectivity index (χ3n) is 3.86. The lowest BCUT2D eigenvalue weighted by Gasteiger charge is -2.15. The summed E-state index contributed by atoms with van der Waals surface area (Å²) in [6.07, 6.45) is 3.85. The number of hydrogen-bond donors (Lipinski definition) is 2. The molecule has 0 saturated heterocycles. The fourth-order valence-electron chi connectivity index (χ4n) is 2.59. The van der Waals surface area contributed by atoms with E-state index in [4.69, 9.17) is 0 Å². The quantitative estimate of drug-likeness (QED) is 0.701. The summed E-state index contributed by atoms with van der Waals surface area (Å²) in [7, 11) is -3.32. The molecule has 130 valence electrons. The van der Waals surface area contributed by atoms with Crippen LogP contribution in [0.4, 0.5) is 17.1 Å². The van der Waals surface area contributed by atoms with Crippen LogP contribution in [0.3, 0.4) is 0 Å². The number of sulfonamides is 1.